The number of nitrogens with zero attached hydrogens (tertiary/aromatic N) is 1. The summed E-state index contributed by atoms with van der Waals surface area (Å²) < 4.78 is 31.2. The number of halogens is 2. The second-order valence-corrected chi connectivity index (χ2v) is 3.97. The molecule has 0 aromatic heterocycles. The Kier molecular flexibility index (Phi) is 4.06. The number of ketones is 1. The topological polar surface area (TPSA) is 50.1 Å². The molecule has 0 N–H and O–H groups in total. The van der Waals surface area contributed by atoms with Crippen LogP contribution in [0, 0.1) is 23.0 Å². The number of hydrogen-bond donors (Lipinski definition) is 0. The van der Waals surface area contributed by atoms with Crippen molar-refractivity contribution in [3.63, 3.8) is 0 Å². The summed E-state index contributed by atoms with van der Waals surface area (Å²) in [6, 6.07) is 10.4. The third kappa shape index (κ3) is 3.18. The highest BCUT2D eigenvalue weighted by molar-refractivity contribution is 5.97. The van der Waals surface area contributed by atoms with E-state index in [9.17, 15) is 13.6 Å². The van der Waals surface area contributed by atoms with Crippen LogP contribution in [0.3, 0.4) is 0 Å². The van der Waals surface area contributed by atoms with Gasteiger partial charge >= 0.3 is 0 Å². The Morgan fingerprint density at radius 3 is 2.45 bits per heavy atom. The van der Waals surface area contributed by atoms with Crippen LogP contribution in [0.2, 0.25) is 0 Å². The van der Waals surface area contributed by atoms with Gasteiger partial charge in [-0.15, -0.1) is 0 Å². The molecule has 2 rings (SSSR count). The molecule has 2 aromatic carbocycles. The van der Waals surface area contributed by atoms with Gasteiger partial charge in [0, 0.05) is 11.6 Å². The normalized spacial score (nSPS) is 9.85. The summed E-state index contributed by atoms with van der Waals surface area (Å²) >= 11 is 0. The zero-order valence-electron chi connectivity index (χ0n) is 10.3. The van der Waals surface area contributed by atoms with E-state index in [2.05, 4.69) is 0 Å². The first-order chi connectivity index (χ1) is 9.60. The van der Waals surface area contributed by atoms with Crippen molar-refractivity contribution in [3.8, 4) is 11.8 Å². The van der Waals surface area contributed by atoms with Crippen molar-refractivity contribution in [2.45, 2.75) is 0 Å². The van der Waals surface area contributed by atoms with Crippen LogP contribution in [-0.4, -0.2) is 12.4 Å². The number of nitriles is 1. The van der Waals surface area contributed by atoms with Crippen molar-refractivity contribution in [2.24, 2.45) is 0 Å². The van der Waals surface area contributed by atoms with Crippen molar-refractivity contribution < 1.29 is 18.3 Å². The molecular formula is C15H9F2NO2. The van der Waals surface area contributed by atoms with Gasteiger partial charge in [-0.1, -0.05) is 0 Å². The summed E-state index contributed by atoms with van der Waals surface area (Å²) in [7, 11) is 0. The molecule has 5 heteroatoms. The molecule has 0 atom stereocenters. The molecule has 3 nitrogen and oxygen atoms in total. The van der Waals surface area contributed by atoms with Crippen LogP contribution in [0.5, 0.6) is 5.75 Å². The highest BCUT2D eigenvalue weighted by atomic mass is 19.1. The van der Waals surface area contributed by atoms with Crippen LogP contribution in [0.1, 0.15) is 15.9 Å². The first kappa shape index (κ1) is 13.7. The van der Waals surface area contributed by atoms with Crippen molar-refractivity contribution in [3.05, 3.63) is 65.2 Å². The van der Waals surface area contributed by atoms with Crippen LogP contribution >= 0.6 is 0 Å². The molecule has 0 spiro atoms. The molecule has 0 radical (unpaired) electrons. The molecule has 0 heterocycles. The molecule has 100 valence electrons. The summed E-state index contributed by atoms with van der Waals surface area (Å²) in [5.74, 6) is -1.34. The summed E-state index contributed by atoms with van der Waals surface area (Å²) in [5, 5.41) is 8.58. The predicted octanol–water partition coefficient (Wildman–Crippen LogP) is 3.10. The largest absolute Gasteiger partial charge is 0.485 e. The Balaban J connectivity index is 2.02. The number of Topliss-reactive ketones (excluding diaryl/α,β-unsaturated/α-hetero) is 1. The summed E-state index contributed by atoms with van der Waals surface area (Å²) in [6.45, 7) is -0.295. The lowest BCUT2D eigenvalue weighted by Crippen LogP contribution is -2.11. The summed E-state index contributed by atoms with van der Waals surface area (Å²) in [5.41, 5.74) is 0.211. The van der Waals surface area contributed by atoms with E-state index in [-0.39, 0.29) is 23.7 Å². The number of carbonyl (C=O) groups excluding carboxylic acids is 1. The quantitative estimate of drug-likeness (QED) is 0.804. The van der Waals surface area contributed by atoms with E-state index in [1.165, 1.54) is 36.4 Å². The van der Waals surface area contributed by atoms with Crippen LogP contribution in [0.4, 0.5) is 8.78 Å². The number of benzene rings is 2. The molecule has 20 heavy (non-hydrogen) atoms. The maximum absolute atomic E-state index is 13.3. The van der Waals surface area contributed by atoms with Gasteiger partial charge in [-0.05, 0) is 36.4 Å². The van der Waals surface area contributed by atoms with Gasteiger partial charge in [-0.2, -0.15) is 5.26 Å². The van der Waals surface area contributed by atoms with Gasteiger partial charge < -0.3 is 4.74 Å². The standard InChI is InChI=1S/C15H9F2NO2/c16-12-4-1-10(2-5-12)15(19)9-20-13-6-3-11(8-18)14(17)7-13/h1-7H,9H2. The number of hydrogen-bond acceptors (Lipinski definition) is 3. The Morgan fingerprint density at radius 1 is 1.15 bits per heavy atom. The van der Waals surface area contributed by atoms with Crippen molar-refractivity contribution in [1.82, 2.24) is 0 Å². The molecule has 0 saturated heterocycles. The van der Waals surface area contributed by atoms with E-state index in [0.29, 0.717) is 5.56 Å². The SMILES string of the molecule is N#Cc1ccc(OCC(=O)c2ccc(F)cc2)cc1F. The van der Waals surface area contributed by atoms with Crippen molar-refractivity contribution in [1.29, 1.82) is 5.26 Å². The van der Waals surface area contributed by atoms with Gasteiger partial charge in [0.15, 0.2) is 12.4 Å². The van der Waals surface area contributed by atoms with E-state index in [1.807, 2.05) is 0 Å². The average molecular weight is 273 g/mol. The monoisotopic (exact) mass is 273 g/mol. The number of rotatable bonds is 4. The third-order valence-corrected chi connectivity index (χ3v) is 2.60. The molecule has 0 saturated carbocycles. The highest BCUT2D eigenvalue weighted by Crippen LogP contribution is 2.16. The molecule has 0 bridgehead atoms. The average Bonchev–Trinajstić information content (AvgIpc) is 2.45. The lowest BCUT2D eigenvalue weighted by atomic mass is 10.1. The van der Waals surface area contributed by atoms with E-state index < -0.39 is 11.6 Å². The number of ether oxygens (including phenoxy) is 1. The van der Waals surface area contributed by atoms with Crippen LogP contribution < -0.4 is 4.74 Å². The highest BCUT2D eigenvalue weighted by Gasteiger charge is 2.08. The molecule has 0 aliphatic heterocycles. The summed E-state index contributed by atoms with van der Waals surface area (Å²) in [6.07, 6.45) is 0. The zero-order chi connectivity index (χ0) is 14.5. The fraction of sp³-hybridized carbons (Fsp3) is 0.0667. The Bertz CT molecular complexity index is 675. The minimum atomic E-state index is -0.709. The van der Waals surface area contributed by atoms with Gasteiger partial charge in [0.05, 0.1) is 5.56 Å². The van der Waals surface area contributed by atoms with E-state index in [1.54, 1.807) is 6.07 Å². The van der Waals surface area contributed by atoms with Crippen LogP contribution in [0.25, 0.3) is 0 Å². The zero-order valence-corrected chi connectivity index (χ0v) is 10.3. The third-order valence-electron chi connectivity index (χ3n) is 2.60. The van der Waals surface area contributed by atoms with Gasteiger partial charge in [-0.3, -0.25) is 4.79 Å². The molecule has 0 amide bonds. The van der Waals surface area contributed by atoms with Gasteiger partial charge in [0.2, 0.25) is 0 Å². The fourth-order valence-corrected chi connectivity index (χ4v) is 1.54. The predicted molar refractivity (Wildman–Crippen MR) is 67.3 cm³/mol. The van der Waals surface area contributed by atoms with Gasteiger partial charge in [0.25, 0.3) is 0 Å². The maximum Gasteiger partial charge on any atom is 0.200 e. The lowest BCUT2D eigenvalue weighted by Gasteiger charge is -2.06. The van der Waals surface area contributed by atoms with E-state index in [4.69, 9.17) is 10.00 Å². The second-order valence-electron chi connectivity index (χ2n) is 3.97. The Morgan fingerprint density at radius 2 is 1.85 bits per heavy atom. The number of carbonyl (C=O) groups is 1. The minimum absolute atomic E-state index is 0.0952. The fourth-order valence-electron chi connectivity index (χ4n) is 1.54. The van der Waals surface area contributed by atoms with Gasteiger partial charge in [-0.25, -0.2) is 8.78 Å². The van der Waals surface area contributed by atoms with Crippen LogP contribution in [0.15, 0.2) is 42.5 Å². The molecule has 0 fully saturated rings. The van der Waals surface area contributed by atoms with Crippen LogP contribution in [-0.2, 0) is 0 Å². The molecule has 0 unspecified atom stereocenters. The Labute approximate surface area is 114 Å². The molecule has 0 aliphatic rings. The van der Waals surface area contributed by atoms with Crippen molar-refractivity contribution in [2.75, 3.05) is 6.61 Å². The molecular weight excluding hydrogens is 264 g/mol. The minimum Gasteiger partial charge on any atom is -0.485 e. The Hall–Kier alpha value is -2.74. The van der Waals surface area contributed by atoms with Gasteiger partial charge in [0.1, 0.15) is 23.5 Å². The van der Waals surface area contributed by atoms with Crippen molar-refractivity contribution >= 4 is 5.78 Å². The lowest BCUT2D eigenvalue weighted by molar-refractivity contribution is 0.0921. The molecule has 2 aromatic rings. The first-order valence-corrected chi connectivity index (χ1v) is 5.71. The van der Waals surface area contributed by atoms with E-state index in [0.717, 1.165) is 6.07 Å². The first-order valence-electron chi connectivity index (χ1n) is 5.71. The maximum atomic E-state index is 13.3. The smallest absolute Gasteiger partial charge is 0.200 e. The summed E-state index contributed by atoms with van der Waals surface area (Å²) in [4.78, 5) is 11.7. The molecule has 0 aliphatic carbocycles. The van der Waals surface area contributed by atoms with E-state index >= 15 is 0 Å². The second kappa shape index (κ2) is 5.93.